The van der Waals surface area contributed by atoms with Crippen molar-refractivity contribution in [3.8, 4) is 5.88 Å². The molecule has 1 aliphatic rings. The Hall–Kier alpha value is -8.22. The molecule has 11 nitrogen and oxygen atoms in total. The number of fused-ring (bicyclic) bond motifs is 4. The summed E-state index contributed by atoms with van der Waals surface area (Å²) in [5.74, 6) is 0.678. The smallest absolute Gasteiger partial charge is 0.235 e. The number of aryl methyl sites for hydroxylation is 2. The number of ether oxygens (including phenoxy) is 1. The molecule has 0 unspecified atom stereocenters. The van der Waals surface area contributed by atoms with Gasteiger partial charge in [-0.1, -0.05) is 230 Å². The van der Waals surface area contributed by atoms with Gasteiger partial charge in [-0.2, -0.15) is 5.10 Å². The highest BCUT2D eigenvalue weighted by atomic mass is 32.1. The van der Waals surface area contributed by atoms with Gasteiger partial charge in [0.05, 0.1) is 22.9 Å². The molecular formula is C85H116N10OS. The molecule has 3 aromatic carbocycles. The Morgan fingerprint density at radius 2 is 1.10 bits per heavy atom. The number of hydrogen-bond acceptors (Lipinski definition) is 10. The third-order valence-corrected chi connectivity index (χ3v) is 15.9. The van der Waals surface area contributed by atoms with Crippen LogP contribution in [0.2, 0.25) is 0 Å². The number of aromatic nitrogens is 10. The minimum absolute atomic E-state index is 0.212. The van der Waals surface area contributed by atoms with E-state index in [9.17, 15) is 0 Å². The highest BCUT2D eigenvalue weighted by Crippen LogP contribution is 2.32. The topological polar surface area (TPSA) is 133 Å². The fourth-order valence-electron chi connectivity index (χ4n) is 9.67. The van der Waals surface area contributed by atoms with Crippen LogP contribution in [0.4, 0.5) is 0 Å². The molecule has 0 radical (unpaired) electrons. The zero-order valence-electron chi connectivity index (χ0n) is 63.4. The van der Waals surface area contributed by atoms with E-state index in [-0.39, 0.29) is 32.7 Å². The van der Waals surface area contributed by atoms with E-state index < -0.39 is 0 Å². The third-order valence-electron chi connectivity index (χ3n) is 15.0. The number of aromatic amines is 1. The summed E-state index contributed by atoms with van der Waals surface area (Å²) < 4.78 is 8.76. The lowest BCUT2D eigenvalue weighted by molar-refractivity contribution is 0.126. The molecule has 0 fully saturated rings. The first-order chi connectivity index (χ1) is 45.1. The average molecular weight is 1330 g/mol. The molecule has 12 heteroatoms. The number of hydrogen-bond donors (Lipinski definition) is 1. The highest BCUT2D eigenvalue weighted by Gasteiger charge is 2.20. The number of benzene rings is 3. The van der Waals surface area contributed by atoms with Crippen molar-refractivity contribution in [2.45, 2.75) is 226 Å². The number of nitrogens with zero attached hydrogens (tertiary/aromatic N) is 9. The fourth-order valence-corrected chi connectivity index (χ4v) is 10.4. The Labute approximate surface area is 588 Å². The monoisotopic (exact) mass is 1320 g/mol. The van der Waals surface area contributed by atoms with Gasteiger partial charge in [-0.3, -0.25) is 25.0 Å². The predicted octanol–water partition coefficient (Wildman–Crippen LogP) is 22.7. The summed E-state index contributed by atoms with van der Waals surface area (Å²) in [5.41, 5.74) is 16.7. The van der Waals surface area contributed by atoms with Crippen molar-refractivity contribution < 1.29 is 4.74 Å². The van der Waals surface area contributed by atoms with Gasteiger partial charge in [-0.05, 0) is 178 Å². The van der Waals surface area contributed by atoms with E-state index in [0.717, 1.165) is 39.9 Å². The van der Waals surface area contributed by atoms with Crippen LogP contribution in [0.15, 0.2) is 195 Å². The molecule has 518 valence electrons. The molecule has 0 bridgehead atoms. The molecule has 8 heterocycles. The molecule has 0 spiro atoms. The zero-order chi connectivity index (χ0) is 71.9. The van der Waals surface area contributed by atoms with Crippen LogP contribution >= 0.6 is 11.3 Å². The van der Waals surface area contributed by atoms with Crippen molar-refractivity contribution in [1.82, 2.24) is 49.5 Å². The van der Waals surface area contributed by atoms with Gasteiger partial charge >= 0.3 is 0 Å². The minimum atomic E-state index is -0.217. The summed E-state index contributed by atoms with van der Waals surface area (Å²) >= 11 is 1.60. The number of rotatable bonds is 4. The molecule has 11 aromatic rings. The van der Waals surface area contributed by atoms with Gasteiger partial charge in [0.1, 0.15) is 16.6 Å². The van der Waals surface area contributed by atoms with E-state index in [1.165, 1.54) is 64.5 Å². The number of H-pyrrole nitrogens is 1. The van der Waals surface area contributed by atoms with Crippen LogP contribution in [0.3, 0.4) is 0 Å². The summed E-state index contributed by atoms with van der Waals surface area (Å²) in [4.78, 5) is 29.6. The van der Waals surface area contributed by atoms with E-state index in [1.807, 2.05) is 123 Å². The van der Waals surface area contributed by atoms with Crippen LogP contribution in [-0.4, -0.2) is 55.1 Å². The molecule has 8 aromatic heterocycles. The Kier molecular flexibility index (Phi) is 28.9. The van der Waals surface area contributed by atoms with Gasteiger partial charge in [-0.25, -0.2) is 15.0 Å². The van der Waals surface area contributed by atoms with Crippen LogP contribution in [0.1, 0.15) is 223 Å². The molecule has 0 saturated carbocycles. The van der Waals surface area contributed by atoms with E-state index in [4.69, 9.17) is 4.74 Å². The van der Waals surface area contributed by atoms with E-state index in [0.29, 0.717) is 16.7 Å². The fraction of sp³-hybridized carbons (Fsp3) is 0.435. The average Bonchev–Trinajstić information content (AvgIpc) is 1.62. The van der Waals surface area contributed by atoms with Gasteiger partial charge < -0.3 is 9.14 Å². The van der Waals surface area contributed by atoms with Crippen LogP contribution < -0.4 is 4.74 Å². The predicted molar refractivity (Wildman–Crippen MR) is 414 cm³/mol. The summed E-state index contributed by atoms with van der Waals surface area (Å²) in [6.07, 6.45) is 30.6. The number of nitrogens with one attached hydrogen (secondary N) is 1. The van der Waals surface area contributed by atoms with Gasteiger partial charge in [0.15, 0.2) is 5.65 Å². The Morgan fingerprint density at radius 3 is 1.66 bits per heavy atom. The quantitative estimate of drug-likeness (QED) is 0.183. The number of pyridine rings is 3. The van der Waals surface area contributed by atoms with Crippen LogP contribution in [0, 0.1) is 16.2 Å². The summed E-state index contributed by atoms with van der Waals surface area (Å²) in [5, 5.41) is 9.87. The second-order valence-electron chi connectivity index (χ2n) is 33.4. The third kappa shape index (κ3) is 30.0. The Balaban J connectivity index is 0.000000201. The van der Waals surface area contributed by atoms with Gasteiger partial charge in [0, 0.05) is 66.9 Å². The maximum Gasteiger partial charge on any atom is 0.235 e. The van der Waals surface area contributed by atoms with Crippen LogP contribution in [-0.2, 0) is 47.3 Å². The first kappa shape index (κ1) is 79.5. The van der Waals surface area contributed by atoms with Gasteiger partial charge in [-0.15, -0.1) is 11.3 Å². The standard InChI is InChI=1S/C13H15N.C13H18.C12H16.C11H15N3.C10H12N2OS.C10H15N.C9H13N.C7H12N2/c1-13(2,3)11-6-7-12-10(9-11)5-4-8-14-12;1-13(2,3)12-8-7-10-5-4-6-11(10)9-12;1-12(2,3)10-9-11-7-5-4-6-8-11;1-11(2,3)8-9-10-13-5-7-14(10)6-4-12-9;1-10(2,3)13-9-8-7(4-5-14-8)11-6-12-9;1-10(2,3)8-9-6-4-5-7-11-9;1-9(2,3)8-5-4-6-10-7-8;1-7(2,3)6-4-8-9-5-6/h4-9H,1-3H3;7-9H,4-6H2,1-3H3;4-10H,1-3H3;4-7H,8H2,1-3H3;4-6H,1-3H3;4-7H,8H2,1-3H3;4-7H,1-3H3;4-5H,1-3H3,(H,8,9). The Bertz CT molecular complexity index is 3970. The van der Waals surface area contributed by atoms with E-state index >= 15 is 0 Å². The van der Waals surface area contributed by atoms with Crippen molar-refractivity contribution >= 4 is 44.2 Å². The lowest BCUT2D eigenvalue weighted by atomic mass is 9.85. The normalized spacial score (nSPS) is 12.5. The lowest BCUT2D eigenvalue weighted by Gasteiger charge is -2.20. The lowest BCUT2D eigenvalue weighted by Crippen LogP contribution is -2.23. The first-order valence-electron chi connectivity index (χ1n) is 34.3. The molecule has 0 amide bonds. The second-order valence-corrected chi connectivity index (χ2v) is 34.4. The molecular weight excluding hydrogens is 1210 g/mol. The molecule has 0 saturated heterocycles. The SMILES string of the molecule is CC(C)(C)C=Cc1ccccc1.CC(C)(C)Cc1ccccn1.CC(C)(C)Cc1nccn2ccnc12.CC(C)(C)Oc1ncnc2ccsc12.CC(C)(C)c1ccc2c(c1)CCC2.CC(C)(C)c1ccc2ncccc2c1.CC(C)(C)c1cccnc1.CC(C)(C)c1cn[nH]c1. The van der Waals surface area contributed by atoms with Crippen molar-refractivity contribution in [3.63, 3.8) is 0 Å². The summed E-state index contributed by atoms with van der Waals surface area (Å²) in [7, 11) is 0. The minimum Gasteiger partial charge on any atom is -0.471 e. The van der Waals surface area contributed by atoms with Crippen LogP contribution in [0.25, 0.3) is 32.8 Å². The second kappa shape index (κ2) is 35.3. The van der Waals surface area contributed by atoms with Crippen LogP contribution in [0.5, 0.6) is 5.88 Å². The maximum absolute atomic E-state index is 5.73. The molecule has 12 rings (SSSR count). The number of allylic oxidation sites excluding steroid dienone is 1. The maximum atomic E-state index is 5.73. The van der Waals surface area contributed by atoms with Gasteiger partial charge in [0.25, 0.3) is 0 Å². The molecule has 97 heavy (non-hydrogen) atoms. The number of thiophene rings is 1. The van der Waals surface area contributed by atoms with Gasteiger partial charge in [0.2, 0.25) is 5.88 Å². The molecule has 1 aliphatic carbocycles. The molecule has 1 N–H and O–H groups in total. The van der Waals surface area contributed by atoms with Crippen molar-refractivity contribution in [3.05, 3.63) is 245 Å². The van der Waals surface area contributed by atoms with E-state index in [2.05, 4.69) is 281 Å². The van der Waals surface area contributed by atoms with Crippen molar-refractivity contribution in [1.29, 1.82) is 0 Å². The Morgan fingerprint density at radius 1 is 0.495 bits per heavy atom. The van der Waals surface area contributed by atoms with E-state index in [1.54, 1.807) is 28.7 Å². The zero-order valence-corrected chi connectivity index (χ0v) is 64.2. The highest BCUT2D eigenvalue weighted by molar-refractivity contribution is 7.17. The van der Waals surface area contributed by atoms with Crippen molar-refractivity contribution in [2.24, 2.45) is 16.2 Å². The largest absolute Gasteiger partial charge is 0.471 e. The first-order valence-corrected chi connectivity index (χ1v) is 35.2. The summed E-state index contributed by atoms with van der Waals surface area (Å²) in [6, 6.07) is 40.1. The van der Waals surface area contributed by atoms with Crippen molar-refractivity contribution in [2.75, 3.05) is 0 Å². The summed E-state index contributed by atoms with van der Waals surface area (Å²) in [6.45, 7) is 52.5. The molecule has 0 atom stereocenters. The molecule has 0 aliphatic heterocycles. The number of imidazole rings is 1.